The van der Waals surface area contributed by atoms with E-state index in [0.717, 1.165) is 18.7 Å². The highest BCUT2D eigenvalue weighted by atomic mass is 15.4. The number of benzene rings is 1. The Labute approximate surface area is 102 Å². The van der Waals surface area contributed by atoms with Crippen LogP contribution >= 0.6 is 0 Å². The van der Waals surface area contributed by atoms with Crippen molar-refractivity contribution in [3.63, 3.8) is 0 Å². The number of rotatable bonds is 5. The van der Waals surface area contributed by atoms with Crippen molar-refractivity contribution in [1.29, 1.82) is 0 Å². The third kappa shape index (κ3) is 3.14. The fourth-order valence-corrected chi connectivity index (χ4v) is 1.89. The van der Waals surface area contributed by atoms with E-state index in [4.69, 9.17) is 0 Å². The Bertz CT molecular complexity index is 449. The SMILES string of the molecule is CCC(NCc1cn(C)nn1)c1ccccc1. The van der Waals surface area contributed by atoms with E-state index in [1.54, 1.807) is 4.68 Å². The second-order valence-corrected chi connectivity index (χ2v) is 4.14. The third-order valence-electron chi connectivity index (χ3n) is 2.79. The first-order valence-electron chi connectivity index (χ1n) is 5.93. The molecule has 1 atom stereocenters. The lowest BCUT2D eigenvalue weighted by Gasteiger charge is -2.16. The van der Waals surface area contributed by atoms with Crippen LogP contribution in [0.3, 0.4) is 0 Å². The molecule has 4 heteroatoms. The van der Waals surface area contributed by atoms with Crippen molar-refractivity contribution in [2.75, 3.05) is 0 Å². The van der Waals surface area contributed by atoms with Gasteiger partial charge in [-0.3, -0.25) is 4.68 Å². The molecular weight excluding hydrogens is 212 g/mol. The molecule has 0 aliphatic carbocycles. The summed E-state index contributed by atoms with van der Waals surface area (Å²) in [6.07, 6.45) is 3.00. The predicted octanol–water partition coefficient (Wildman–Crippen LogP) is 2.06. The lowest BCUT2D eigenvalue weighted by molar-refractivity contribution is 0.514. The molecular formula is C13H18N4. The van der Waals surface area contributed by atoms with E-state index in [1.165, 1.54) is 5.56 Å². The van der Waals surface area contributed by atoms with Crippen molar-refractivity contribution >= 4 is 0 Å². The molecule has 0 bridgehead atoms. The molecule has 1 unspecified atom stereocenters. The van der Waals surface area contributed by atoms with Crippen molar-refractivity contribution in [2.45, 2.75) is 25.9 Å². The molecule has 0 aliphatic rings. The highest BCUT2D eigenvalue weighted by Crippen LogP contribution is 2.16. The first-order chi connectivity index (χ1) is 8.29. The summed E-state index contributed by atoms with van der Waals surface area (Å²) in [5, 5.41) is 11.5. The van der Waals surface area contributed by atoms with Gasteiger partial charge in [0, 0.05) is 25.8 Å². The van der Waals surface area contributed by atoms with Crippen LogP contribution in [0.2, 0.25) is 0 Å². The van der Waals surface area contributed by atoms with E-state index < -0.39 is 0 Å². The van der Waals surface area contributed by atoms with E-state index in [0.29, 0.717) is 6.04 Å². The zero-order valence-corrected chi connectivity index (χ0v) is 10.3. The van der Waals surface area contributed by atoms with E-state index in [2.05, 4.69) is 46.8 Å². The number of nitrogens with zero attached hydrogens (tertiary/aromatic N) is 3. The van der Waals surface area contributed by atoms with Gasteiger partial charge in [0.2, 0.25) is 0 Å². The van der Waals surface area contributed by atoms with Crippen molar-refractivity contribution in [1.82, 2.24) is 20.3 Å². The molecule has 0 radical (unpaired) electrons. The Kier molecular flexibility index (Phi) is 3.88. The van der Waals surface area contributed by atoms with Gasteiger partial charge in [-0.2, -0.15) is 0 Å². The Morgan fingerprint density at radius 3 is 2.65 bits per heavy atom. The Hall–Kier alpha value is -1.68. The summed E-state index contributed by atoms with van der Waals surface area (Å²) in [7, 11) is 1.88. The maximum Gasteiger partial charge on any atom is 0.0964 e. The van der Waals surface area contributed by atoms with Gasteiger partial charge >= 0.3 is 0 Å². The van der Waals surface area contributed by atoms with Crippen LogP contribution in [0, 0.1) is 0 Å². The number of aryl methyl sites for hydroxylation is 1. The minimum Gasteiger partial charge on any atom is -0.304 e. The second kappa shape index (κ2) is 5.59. The minimum atomic E-state index is 0.373. The zero-order valence-electron chi connectivity index (χ0n) is 10.3. The third-order valence-corrected chi connectivity index (χ3v) is 2.79. The zero-order chi connectivity index (χ0) is 12.1. The summed E-state index contributed by atoms with van der Waals surface area (Å²) < 4.78 is 1.72. The second-order valence-electron chi connectivity index (χ2n) is 4.14. The van der Waals surface area contributed by atoms with E-state index in [9.17, 15) is 0 Å². The minimum absolute atomic E-state index is 0.373. The molecule has 1 aromatic heterocycles. The van der Waals surface area contributed by atoms with E-state index in [1.807, 2.05) is 19.3 Å². The highest BCUT2D eigenvalue weighted by molar-refractivity contribution is 5.18. The van der Waals surface area contributed by atoms with Gasteiger partial charge in [-0.05, 0) is 12.0 Å². The summed E-state index contributed by atoms with van der Waals surface area (Å²) in [6.45, 7) is 2.93. The van der Waals surface area contributed by atoms with Gasteiger partial charge in [-0.25, -0.2) is 0 Å². The standard InChI is InChI=1S/C13H18N4/c1-3-13(11-7-5-4-6-8-11)14-9-12-10-17(2)16-15-12/h4-8,10,13-14H,3,9H2,1-2H3. The normalized spacial score (nSPS) is 12.6. The fraction of sp³-hybridized carbons (Fsp3) is 0.385. The topological polar surface area (TPSA) is 42.7 Å². The lowest BCUT2D eigenvalue weighted by Crippen LogP contribution is -2.20. The Morgan fingerprint density at radius 2 is 2.06 bits per heavy atom. The number of hydrogen-bond acceptors (Lipinski definition) is 3. The van der Waals surface area contributed by atoms with Gasteiger partial charge in [-0.15, -0.1) is 5.10 Å². The van der Waals surface area contributed by atoms with Gasteiger partial charge < -0.3 is 5.32 Å². The predicted molar refractivity (Wildman–Crippen MR) is 67.3 cm³/mol. The molecule has 2 rings (SSSR count). The maximum absolute atomic E-state index is 4.07. The number of nitrogens with one attached hydrogen (secondary N) is 1. The summed E-state index contributed by atoms with van der Waals surface area (Å²) in [5.74, 6) is 0. The van der Waals surface area contributed by atoms with Gasteiger partial charge in [0.05, 0.1) is 5.69 Å². The van der Waals surface area contributed by atoms with Crippen LogP contribution in [-0.4, -0.2) is 15.0 Å². The van der Waals surface area contributed by atoms with Crippen LogP contribution in [0.4, 0.5) is 0 Å². The molecule has 4 nitrogen and oxygen atoms in total. The average Bonchev–Trinajstić information content (AvgIpc) is 2.77. The van der Waals surface area contributed by atoms with Crippen molar-refractivity contribution < 1.29 is 0 Å². The average molecular weight is 230 g/mol. The van der Waals surface area contributed by atoms with Crippen LogP contribution in [0.25, 0.3) is 0 Å². The Balaban J connectivity index is 1.97. The quantitative estimate of drug-likeness (QED) is 0.855. The van der Waals surface area contributed by atoms with Crippen LogP contribution in [0.5, 0.6) is 0 Å². The molecule has 0 saturated heterocycles. The molecule has 0 amide bonds. The van der Waals surface area contributed by atoms with Crippen LogP contribution in [0.1, 0.15) is 30.6 Å². The Morgan fingerprint density at radius 1 is 1.29 bits per heavy atom. The van der Waals surface area contributed by atoms with Crippen molar-refractivity contribution in [2.24, 2.45) is 7.05 Å². The maximum atomic E-state index is 4.07. The van der Waals surface area contributed by atoms with E-state index in [-0.39, 0.29) is 0 Å². The van der Waals surface area contributed by atoms with Gasteiger partial charge in [0.25, 0.3) is 0 Å². The molecule has 0 spiro atoms. The number of aromatic nitrogens is 3. The first kappa shape index (κ1) is 11.8. The summed E-state index contributed by atoms with van der Waals surface area (Å²) in [4.78, 5) is 0. The molecule has 1 N–H and O–H groups in total. The first-order valence-corrected chi connectivity index (χ1v) is 5.93. The van der Waals surface area contributed by atoms with Gasteiger partial charge in [-0.1, -0.05) is 42.5 Å². The van der Waals surface area contributed by atoms with Crippen LogP contribution < -0.4 is 5.32 Å². The van der Waals surface area contributed by atoms with Crippen molar-refractivity contribution in [3.8, 4) is 0 Å². The molecule has 0 aliphatic heterocycles. The van der Waals surface area contributed by atoms with Crippen LogP contribution in [-0.2, 0) is 13.6 Å². The largest absolute Gasteiger partial charge is 0.304 e. The summed E-state index contributed by atoms with van der Waals surface area (Å²) in [6, 6.07) is 10.9. The summed E-state index contributed by atoms with van der Waals surface area (Å²) >= 11 is 0. The molecule has 1 heterocycles. The fourth-order valence-electron chi connectivity index (χ4n) is 1.89. The van der Waals surface area contributed by atoms with Gasteiger partial charge in [0.15, 0.2) is 0 Å². The number of hydrogen-bond donors (Lipinski definition) is 1. The van der Waals surface area contributed by atoms with Crippen molar-refractivity contribution in [3.05, 3.63) is 47.8 Å². The summed E-state index contributed by atoms with van der Waals surface area (Å²) in [5.41, 5.74) is 2.29. The molecule has 2 aromatic rings. The van der Waals surface area contributed by atoms with Gasteiger partial charge in [0.1, 0.15) is 0 Å². The smallest absolute Gasteiger partial charge is 0.0964 e. The van der Waals surface area contributed by atoms with Crippen LogP contribution in [0.15, 0.2) is 36.5 Å². The molecule has 90 valence electrons. The molecule has 17 heavy (non-hydrogen) atoms. The molecule has 0 saturated carbocycles. The molecule has 1 aromatic carbocycles. The monoisotopic (exact) mass is 230 g/mol. The highest BCUT2D eigenvalue weighted by Gasteiger charge is 2.08. The lowest BCUT2D eigenvalue weighted by atomic mass is 10.0. The molecule has 0 fully saturated rings. The van der Waals surface area contributed by atoms with E-state index >= 15 is 0 Å².